The molecule has 4 nitrogen and oxygen atoms in total. The Balaban J connectivity index is 2.41. The fourth-order valence-corrected chi connectivity index (χ4v) is 1.62. The summed E-state index contributed by atoms with van der Waals surface area (Å²) in [6.45, 7) is 3.92. The molecule has 0 heterocycles. The van der Waals surface area contributed by atoms with Gasteiger partial charge in [0.2, 0.25) is 0 Å². The van der Waals surface area contributed by atoms with Crippen LogP contribution in [0.25, 0.3) is 0 Å². The van der Waals surface area contributed by atoms with Crippen molar-refractivity contribution in [1.29, 1.82) is 0 Å². The van der Waals surface area contributed by atoms with Gasteiger partial charge in [-0.1, -0.05) is 13.0 Å². The molecule has 0 aliphatic rings. The van der Waals surface area contributed by atoms with Gasteiger partial charge in [-0.15, -0.1) is 0 Å². The highest BCUT2D eigenvalue weighted by molar-refractivity contribution is 5.41. The van der Waals surface area contributed by atoms with Crippen LogP contribution in [0.3, 0.4) is 0 Å². The van der Waals surface area contributed by atoms with Crippen LogP contribution in [0.2, 0.25) is 0 Å². The standard InChI is InChI=1S/C13H21NO3/c1-10(5-6-15)8-14-9-11-3-4-12(16)13(7-11)17-2/h3-4,7,10,14-16H,5-6,8-9H2,1-2H3. The zero-order valence-electron chi connectivity index (χ0n) is 10.4. The average Bonchev–Trinajstić information content (AvgIpc) is 2.31. The third kappa shape index (κ3) is 4.63. The molecule has 0 bridgehead atoms. The van der Waals surface area contributed by atoms with Gasteiger partial charge in [0.1, 0.15) is 0 Å². The molecule has 1 unspecified atom stereocenters. The van der Waals surface area contributed by atoms with Crippen molar-refractivity contribution in [3.63, 3.8) is 0 Å². The number of aliphatic hydroxyl groups excluding tert-OH is 1. The molecular formula is C13H21NO3. The van der Waals surface area contributed by atoms with Crippen molar-refractivity contribution in [3.8, 4) is 11.5 Å². The Morgan fingerprint density at radius 1 is 1.41 bits per heavy atom. The molecule has 1 rings (SSSR count). The van der Waals surface area contributed by atoms with Gasteiger partial charge < -0.3 is 20.3 Å². The second-order valence-electron chi connectivity index (χ2n) is 4.25. The maximum Gasteiger partial charge on any atom is 0.160 e. The molecule has 0 aromatic heterocycles. The van der Waals surface area contributed by atoms with E-state index in [9.17, 15) is 5.11 Å². The second-order valence-corrected chi connectivity index (χ2v) is 4.25. The molecule has 0 radical (unpaired) electrons. The van der Waals surface area contributed by atoms with Gasteiger partial charge in [-0.3, -0.25) is 0 Å². The molecule has 0 fully saturated rings. The second kappa shape index (κ2) is 7.14. The first-order valence-electron chi connectivity index (χ1n) is 5.84. The van der Waals surface area contributed by atoms with E-state index in [0.29, 0.717) is 11.7 Å². The minimum atomic E-state index is 0.157. The summed E-state index contributed by atoms with van der Waals surface area (Å²) in [5, 5.41) is 21.5. The molecule has 0 saturated carbocycles. The summed E-state index contributed by atoms with van der Waals surface area (Å²) in [6, 6.07) is 5.31. The van der Waals surface area contributed by atoms with Gasteiger partial charge in [0, 0.05) is 13.2 Å². The van der Waals surface area contributed by atoms with Crippen LogP contribution in [0, 0.1) is 5.92 Å². The van der Waals surface area contributed by atoms with Crippen LogP contribution in [-0.2, 0) is 6.54 Å². The SMILES string of the molecule is COc1cc(CNCC(C)CCO)ccc1O. The summed E-state index contributed by atoms with van der Waals surface area (Å²) in [6.07, 6.45) is 0.811. The van der Waals surface area contributed by atoms with Gasteiger partial charge >= 0.3 is 0 Å². The van der Waals surface area contributed by atoms with Gasteiger partial charge in [0.25, 0.3) is 0 Å². The Morgan fingerprint density at radius 2 is 2.18 bits per heavy atom. The number of nitrogens with one attached hydrogen (secondary N) is 1. The summed E-state index contributed by atoms with van der Waals surface area (Å²) in [5.41, 5.74) is 1.07. The van der Waals surface area contributed by atoms with Crippen molar-refractivity contribution >= 4 is 0 Å². The number of aromatic hydroxyl groups is 1. The Morgan fingerprint density at radius 3 is 2.82 bits per heavy atom. The van der Waals surface area contributed by atoms with Crippen LogP contribution < -0.4 is 10.1 Å². The van der Waals surface area contributed by atoms with Crippen LogP contribution in [0.15, 0.2) is 18.2 Å². The number of benzene rings is 1. The highest BCUT2D eigenvalue weighted by atomic mass is 16.5. The fourth-order valence-electron chi connectivity index (χ4n) is 1.62. The van der Waals surface area contributed by atoms with E-state index < -0.39 is 0 Å². The lowest BCUT2D eigenvalue weighted by Crippen LogP contribution is -2.21. The van der Waals surface area contributed by atoms with Crippen LogP contribution >= 0.6 is 0 Å². The largest absolute Gasteiger partial charge is 0.504 e. The predicted molar refractivity (Wildman–Crippen MR) is 67.2 cm³/mol. The van der Waals surface area contributed by atoms with Crippen molar-refractivity contribution in [3.05, 3.63) is 23.8 Å². The molecule has 0 spiro atoms. The monoisotopic (exact) mass is 239 g/mol. The molecule has 17 heavy (non-hydrogen) atoms. The highest BCUT2D eigenvalue weighted by Gasteiger charge is 2.04. The topological polar surface area (TPSA) is 61.7 Å². The molecule has 0 saturated heterocycles. The quantitative estimate of drug-likeness (QED) is 0.675. The number of phenols is 1. The first-order valence-corrected chi connectivity index (χ1v) is 5.84. The lowest BCUT2D eigenvalue weighted by Gasteiger charge is -2.12. The van der Waals surface area contributed by atoms with Gasteiger partial charge in [0.05, 0.1) is 7.11 Å². The van der Waals surface area contributed by atoms with Crippen molar-refractivity contribution < 1.29 is 14.9 Å². The first-order chi connectivity index (χ1) is 8.17. The highest BCUT2D eigenvalue weighted by Crippen LogP contribution is 2.26. The molecule has 0 aliphatic carbocycles. The van der Waals surface area contributed by atoms with E-state index in [2.05, 4.69) is 12.2 Å². The van der Waals surface area contributed by atoms with Gasteiger partial charge in [-0.2, -0.15) is 0 Å². The lowest BCUT2D eigenvalue weighted by atomic mass is 10.1. The number of hydrogen-bond donors (Lipinski definition) is 3. The molecule has 0 amide bonds. The molecule has 4 heteroatoms. The van der Waals surface area contributed by atoms with Crippen LogP contribution in [0.1, 0.15) is 18.9 Å². The van der Waals surface area contributed by atoms with Gasteiger partial charge in [-0.05, 0) is 36.6 Å². The molecule has 96 valence electrons. The van der Waals surface area contributed by atoms with Crippen molar-refractivity contribution in [1.82, 2.24) is 5.32 Å². The molecule has 0 aliphatic heterocycles. The maximum atomic E-state index is 9.45. The third-order valence-electron chi connectivity index (χ3n) is 2.69. The van der Waals surface area contributed by atoms with Crippen molar-refractivity contribution in [2.24, 2.45) is 5.92 Å². The smallest absolute Gasteiger partial charge is 0.160 e. The number of methoxy groups -OCH3 is 1. The van der Waals surface area contributed by atoms with Gasteiger partial charge in [0.15, 0.2) is 11.5 Å². The minimum Gasteiger partial charge on any atom is -0.504 e. The zero-order chi connectivity index (χ0) is 12.7. The number of ether oxygens (including phenoxy) is 1. The molecule has 1 aromatic rings. The molecular weight excluding hydrogens is 218 g/mol. The van der Waals surface area contributed by atoms with E-state index in [1.54, 1.807) is 6.07 Å². The van der Waals surface area contributed by atoms with Crippen LogP contribution in [0.5, 0.6) is 11.5 Å². The maximum absolute atomic E-state index is 9.45. The first kappa shape index (κ1) is 13.8. The normalized spacial score (nSPS) is 12.4. The van der Waals surface area contributed by atoms with Gasteiger partial charge in [-0.25, -0.2) is 0 Å². The number of hydrogen-bond acceptors (Lipinski definition) is 4. The van der Waals surface area contributed by atoms with E-state index in [-0.39, 0.29) is 12.4 Å². The van der Waals surface area contributed by atoms with Crippen LogP contribution in [-0.4, -0.2) is 30.5 Å². The van der Waals surface area contributed by atoms with E-state index in [1.165, 1.54) is 7.11 Å². The molecule has 1 aromatic carbocycles. The summed E-state index contributed by atoms with van der Waals surface area (Å²) in [4.78, 5) is 0. The fraction of sp³-hybridized carbons (Fsp3) is 0.538. The Bertz CT molecular complexity index is 341. The third-order valence-corrected chi connectivity index (χ3v) is 2.69. The number of phenolic OH excluding ortho intramolecular Hbond substituents is 1. The van der Waals surface area contributed by atoms with Crippen molar-refractivity contribution in [2.75, 3.05) is 20.3 Å². The number of aliphatic hydroxyl groups is 1. The average molecular weight is 239 g/mol. The summed E-state index contributed by atoms with van der Waals surface area (Å²) in [5.74, 6) is 1.11. The summed E-state index contributed by atoms with van der Waals surface area (Å²) >= 11 is 0. The summed E-state index contributed by atoms with van der Waals surface area (Å²) in [7, 11) is 1.54. The zero-order valence-corrected chi connectivity index (χ0v) is 10.4. The Kier molecular flexibility index (Phi) is 5.80. The van der Waals surface area contributed by atoms with E-state index in [4.69, 9.17) is 9.84 Å². The number of rotatable bonds is 7. The molecule has 1 atom stereocenters. The minimum absolute atomic E-state index is 0.157. The van der Waals surface area contributed by atoms with Crippen LogP contribution in [0.4, 0.5) is 0 Å². The van der Waals surface area contributed by atoms with E-state index in [0.717, 1.165) is 25.1 Å². The van der Waals surface area contributed by atoms with E-state index >= 15 is 0 Å². The predicted octanol–water partition coefficient (Wildman–Crippen LogP) is 1.51. The Labute approximate surface area is 102 Å². The molecule has 3 N–H and O–H groups in total. The summed E-state index contributed by atoms with van der Waals surface area (Å²) < 4.78 is 5.04. The van der Waals surface area contributed by atoms with E-state index in [1.807, 2.05) is 12.1 Å². The van der Waals surface area contributed by atoms with Crippen molar-refractivity contribution in [2.45, 2.75) is 19.9 Å². The Hall–Kier alpha value is -1.26. The lowest BCUT2D eigenvalue weighted by molar-refractivity contribution is 0.260.